The first-order valence-electron chi connectivity index (χ1n) is 8.37. The number of β-lactam (4-membered cyclic amide) rings is 1. The molecule has 0 spiro atoms. The first kappa shape index (κ1) is 20.0. The zero-order chi connectivity index (χ0) is 20.3. The molecule has 0 unspecified atom stereocenters. The van der Waals surface area contributed by atoms with E-state index in [1.807, 2.05) is 0 Å². The van der Waals surface area contributed by atoms with E-state index in [0.29, 0.717) is 5.56 Å². The van der Waals surface area contributed by atoms with Gasteiger partial charge in [0.05, 0.1) is 12.2 Å². The van der Waals surface area contributed by atoms with E-state index in [9.17, 15) is 22.8 Å². The van der Waals surface area contributed by atoms with Crippen molar-refractivity contribution in [3.8, 4) is 0 Å². The van der Waals surface area contributed by atoms with E-state index in [0.717, 1.165) is 9.78 Å². The highest BCUT2D eigenvalue weighted by Crippen LogP contribution is 2.28. The van der Waals surface area contributed by atoms with Crippen LogP contribution in [0.25, 0.3) is 0 Å². The molecular formula is C18H18N2O6S2. The van der Waals surface area contributed by atoms with Crippen LogP contribution in [0.4, 0.5) is 0 Å². The Bertz CT molecular complexity index is 973. The first-order valence-corrected chi connectivity index (χ1v) is 11.0. The Morgan fingerprint density at radius 1 is 1.14 bits per heavy atom. The molecule has 10 heteroatoms. The summed E-state index contributed by atoms with van der Waals surface area (Å²) in [6.45, 7) is -0.741. The number of aliphatic carboxylic acids is 1. The zero-order valence-corrected chi connectivity index (χ0v) is 16.3. The number of nitrogens with one attached hydrogen (secondary N) is 1. The van der Waals surface area contributed by atoms with Crippen molar-refractivity contribution in [2.45, 2.75) is 23.6 Å². The van der Waals surface area contributed by atoms with Crippen LogP contribution < -0.4 is 5.32 Å². The molecule has 1 aromatic heterocycles. The molecule has 2 heterocycles. The van der Waals surface area contributed by atoms with Gasteiger partial charge in [-0.1, -0.05) is 36.4 Å². The van der Waals surface area contributed by atoms with Crippen molar-refractivity contribution in [1.82, 2.24) is 10.2 Å². The molecule has 2 atom stereocenters. The van der Waals surface area contributed by atoms with Gasteiger partial charge >= 0.3 is 5.97 Å². The first-order chi connectivity index (χ1) is 13.3. The summed E-state index contributed by atoms with van der Waals surface area (Å²) in [4.78, 5) is 37.2. The van der Waals surface area contributed by atoms with Crippen molar-refractivity contribution in [2.75, 3.05) is 6.54 Å². The summed E-state index contributed by atoms with van der Waals surface area (Å²) >= 11 is 1.37. The van der Waals surface area contributed by atoms with Crippen LogP contribution in [0.15, 0.2) is 47.8 Å². The maximum Gasteiger partial charge on any atom is 0.323 e. The van der Waals surface area contributed by atoms with Crippen LogP contribution >= 0.6 is 11.3 Å². The SMILES string of the molecule is O=C(O)CN1C(=O)[C@@H](NC(=O)Cc2cccs2)[C@H]1S(=O)(=O)Cc1ccccc1. The highest BCUT2D eigenvalue weighted by molar-refractivity contribution is 7.91. The fourth-order valence-corrected chi connectivity index (χ4v) is 5.76. The second-order valence-electron chi connectivity index (χ2n) is 6.34. The van der Waals surface area contributed by atoms with Gasteiger partial charge in [0.1, 0.15) is 12.6 Å². The topological polar surface area (TPSA) is 121 Å². The summed E-state index contributed by atoms with van der Waals surface area (Å²) in [5.74, 6) is -2.89. The molecule has 2 aromatic rings. The molecule has 148 valence electrons. The number of nitrogens with zero attached hydrogens (tertiary/aromatic N) is 1. The largest absolute Gasteiger partial charge is 0.480 e. The van der Waals surface area contributed by atoms with Crippen LogP contribution in [0.3, 0.4) is 0 Å². The lowest BCUT2D eigenvalue weighted by molar-refractivity contribution is -0.155. The maximum atomic E-state index is 12.9. The van der Waals surface area contributed by atoms with E-state index in [-0.39, 0.29) is 12.2 Å². The third kappa shape index (κ3) is 4.39. The molecule has 2 N–H and O–H groups in total. The number of hydrogen-bond acceptors (Lipinski definition) is 6. The summed E-state index contributed by atoms with van der Waals surface area (Å²) in [5, 5.41) is 11.8. The summed E-state index contributed by atoms with van der Waals surface area (Å²) in [7, 11) is -3.93. The maximum absolute atomic E-state index is 12.9. The number of carboxylic acids is 1. The van der Waals surface area contributed by atoms with Gasteiger partial charge in [-0.3, -0.25) is 14.4 Å². The third-order valence-corrected chi connectivity index (χ3v) is 7.13. The number of rotatable bonds is 8. The normalized spacial score (nSPS) is 19.1. The van der Waals surface area contributed by atoms with E-state index in [2.05, 4.69) is 5.32 Å². The van der Waals surface area contributed by atoms with Crippen LogP contribution in [0.1, 0.15) is 10.4 Å². The molecule has 0 bridgehead atoms. The van der Waals surface area contributed by atoms with Gasteiger partial charge in [-0.15, -0.1) is 11.3 Å². The van der Waals surface area contributed by atoms with Crippen LogP contribution in [-0.4, -0.2) is 54.2 Å². The zero-order valence-electron chi connectivity index (χ0n) is 14.6. The molecule has 1 fully saturated rings. The molecule has 8 nitrogen and oxygen atoms in total. The molecule has 1 saturated heterocycles. The summed E-state index contributed by atoms with van der Waals surface area (Å²) in [6.07, 6.45) is 0.0197. The monoisotopic (exact) mass is 422 g/mol. The van der Waals surface area contributed by atoms with Crippen molar-refractivity contribution in [1.29, 1.82) is 0 Å². The van der Waals surface area contributed by atoms with Crippen molar-refractivity contribution in [2.24, 2.45) is 0 Å². The van der Waals surface area contributed by atoms with Crippen LogP contribution in [0, 0.1) is 0 Å². The molecule has 2 amide bonds. The van der Waals surface area contributed by atoms with Gasteiger partial charge < -0.3 is 15.3 Å². The number of carbonyl (C=O) groups excluding carboxylic acids is 2. The van der Waals surface area contributed by atoms with E-state index in [4.69, 9.17) is 5.11 Å². The Morgan fingerprint density at radius 3 is 2.46 bits per heavy atom. The summed E-state index contributed by atoms with van der Waals surface area (Å²) < 4.78 is 25.8. The Hall–Kier alpha value is -2.72. The number of benzene rings is 1. The number of carbonyl (C=O) groups is 3. The van der Waals surface area contributed by atoms with Gasteiger partial charge in [0, 0.05) is 4.88 Å². The number of hydrogen-bond donors (Lipinski definition) is 2. The minimum absolute atomic E-state index is 0.0197. The number of thiophene rings is 1. The minimum atomic E-state index is -3.93. The average Bonchev–Trinajstić information content (AvgIpc) is 3.13. The fraction of sp³-hybridized carbons (Fsp3) is 0.278. The van der Waals surface area contributed by atoms with Crippen LogP contribution in [0.5, 0.6) is 0 Å². The lowest BCUT2D eigenvalue weighted by atomic mass is 10.1. The van der Waals surface area contributed by atoms with E-state index < -0.39 is 45.6 Å². The molecule has 0 saturated carbocycles. The highest BCUT2D eigenvalue weighted by atomic mass is 32.2. The predicted molar refractivity (Wildman–Crippen MR) is 102 cm³/mol. The lowest BCUT2D eigenvalue weighted by Gasteiger charge is -2.45. The van der Waals surface area contributed by atoms with Crippen LogP contribution in [0.2, 0.25) is 0 Å². The van der Waals surface area contributed by atoms with Gasteiger partial charge in [0.15, 0.2) is 15.2 Å². The number of amides is 2. The second-order valence-corrected chi connectivity index (χ2v) is 9.47. The number of carboxylic acid groups (broad SMARTS) is 1. The van der Waals surface area contributed by atoms with Crippen LogP contribution in [-0.2, 0) is 36.4 Å². The molecule has 1 aliphatic heterocycles. The Labute approximate surface area is 165 Å². The molecule has 3 rings (SSSR count). The van der Waals surface area contributed by atoms with Crippen molar-refractivity contribution >= 4 is 39.0 Å². The van der Waals surface area contributed by atoms with E-state index in [1.54, 1.807) is 47.8 Å². The standard InChI is InChI=1S/C18H18N2O6S2/c21-14(9-13-7-4-8-27-13)19-16-17(24)20(10-15(22)23)18(16)28(25,26)11-12-5-2-1-3-6-12/h1-8,16,18H,9-11H2,(H,19,21)(H,22,23)/t16-,18-/m1/s1. The molecule has 0 radical (unpaired) electrons. The van der Waals surface area contributed by atoms with E-state index >= 15 is 0 Å². The second kappa shape index (κ2) is 8.11. The molecule has 0 aliphatic carbocycles. The molecule has 1 aliphatic rings. The van der Waals surface area contributed by atoms with Crippen molar-refractivity contribution in [3.05, 3.63) is 58.3 Å². The quantitative estimate of drug-likeness (QED) is 0.603. The number of sulfone groups is 1. The van der Waals surface area contributed by atoms with Crippen molar-refractivity contribution < 1.29 is 27.9 Å². The highest BCUT2D eigenvalue weighted by Gasteiger charge is 2.55. The molecule has 28 heavy (non-hydrogen) atoms. The van der Waals surface area contributed by atoms with E-state index in [1.165, 1.54) is 11.3 Å². The average molecular weight is 422 g/mol. The van der Waals surface area contributed by atoms with Crippen molar-refractivity contribution in [3.63, 3.8) is 0 Å². The Kier molecular flexibility index (Phi) is 5.80. The smallest absolute Gasteiger partial charge is 0.323 e. The fourth-order valence-electron chi connectivity index (χ4n) is 3.06. The van der Waals surface area contributed by atoms with Gasteiger partial charge in [-0.2, -0.15) is 0 Å². The lowest BCUT2D eigenvalue weighted by Crippen LogP contribution is -2.73. The van der Waals surface area contributed by atoms with Gasteiger partial charge in [-0.05, 0) is 17.0 Å². The summed E-state index contributed by atoms with van der Waals surface area (Å²) in [5.41, 5.74) is 0.515. The van der Waals surface area contributed by atoms with Gasteiger partial charge in [0.25, 0.3) is 0 Å². The summed E-state index contributed by atoms with van der Waals surface area (Å²) in [6, 6.07) is 10.6. The van der Waals surface area contributed by atoms with Gasteiger partial charge in [0.2, 0.25) is 11.8 Å². The Balaban J connectivity index is 1.78. The van der Waals surface area contributed by atoms with Gasteiger partial charge in [-0.25, -0.2) is 8.42 Å². The third-order valence-electron chi connectivity index (χ3n) is 4.26. The predicted octanol–water partition coefficient (Wildman–Crippen LogP) is 0.643. The Morgan fingerprint density at radius 2 is 1.86 bits per heavy atom. The molecular weight excluding hydrogens is 404 g/mol. The molecule has 1 aromatic carbocycles. The number of likely N-dealkylation sites (tertiary alicyclic amines) is 1. The minimum Gasteiger partial charge on any atom is -0.480 e.